The Morgan fingerprint density at radius 3 is 2.72 bits per heavy atom. The van der Waals surface area contributed by atoms with E-state index in [2.05, 4.69) is 31.7 Å². The number of aliphatic hydroxyl groups is 2. The molecule has 2 N–H and O–H groups in total. The molecule has 5 unspecified atom stereocenters. The van der Waals surface area contributed by atoms with E-state index in [0.29, 0.717) is 17.4 Å². The quantitative estimate of drug-likeness (QED) is 0.604. The molecule has 4 rings (SSSR count). The Bertz CT molecular complexity index is 828. The van der Waals surface area contributed by atoms with Crippen LogP contribution in [0.3, 0.4) is 0 Å². The fourth-order valence-electron chi connectivity index (χ4n) is 5.89. The molecule has 0 amide bonds. The van der Waals surface area contributed by atoms with Gasteiger partial charge in [-0.15, -0.1) is 0 Å². The summed E-state index contributed by atoms with van der Waals surface area (Å²) in [5.74, 6) is 2.20. The number of piperidine rings is 1. The molecule has 4 heterocycles. The number of fused-ring (bicyclic) bond motifs is 3. The number of ether oxygens (including phenoxy) is 3. The molecule has 7 heteroatoms. The Hall–Kier alpha value is -1.83. The maximum Gasteiger partial charge on any atom is 0.345 e. The van der Waals surface area contributed by atoms with Gasteiger partial charge in [0.25, 0.3) is 0 Å². The molecule has 7 nitrogen and oxygen atoms in total. The third-order valence-electron chi connectivity index (χ3n) is 7.50. The SMILES string of the molecule is COC1=C(CO)C(=O)OC1=C1OC2=CCCN3C(C(O)CCC(C)C)CCCC3C2C1C. The summed E-state index contributed by atoms with van der Waals surface area (Å²) in [7, 11) is 1.47. The number of carbonyl (C=O) groups is 1. The van der Waals surface area contributed by atoms with Gasteiger partial charge in [0.15, 0.2) is 11.5 Å². The molecular formula is C25H37NO6. The number of allylic oxidation sites excluding steroid dienone is 1. The Kier molecular flexibility index (Phi) is 6.98. The van der Waals surface area contributed by atoms with Crippen LogP contribution in [0.1, 0.15) is 59.3 Å². The zero-order valence-corrected chi connectivity index (χ0v) is 19.7. The van der Waals surface area contributed by atoms with Crippen molar-refractivity contribution >= 4 is 5.97 Å². The molecular weight excluding hydrogens is 410 g/mol. The van der Waals surface area contributed by atoms with Gasteiger partial charge in [0.2, 0.25) is 5.76 Å². The van der Waals surface area contributed by atoms with Crippen LogP contribution in [-0.4, -0.2) is 59.5 Å². The molecule has 0 aromatic heterocycles. The first kappa shape index (κ1) is 23.3. The van der Waals surface area contributed by atoms with Gasteiger partial charge in [-0.1, -0.05) is 27.2 Å². The molecule has 0 aromatic rings. The average molecular weight is 448 g/mol. The smallest absolute Gasteiger partial charge is 0.345 e. The molecule has 2 saturated heterocycles. The Morgan fingerprint density at radius 2 is 2.03 bits per heavy atom. The lowest BCUT2D eigenvalue weighted by atomic mass is 9.79. The largest absolute Gasteiger partial charge is 0.492 e. The molecule has 0 saturated carbocycles. The van der Waals surface area contributed by atoms with E-state index < -0.39 is 12.6 Å². The Morgan fingerprint density at radius 1 is 1.25 bits per heavy atom. The summed E-state index contributed by atoms with van der Waals surface area (Å²) in [4.78, 5) is 14.7. The number of esters is 1. The number of methoxy groups -OCH3 is 1. The summed E-state index contributed by atoms with van der Waals surface area (Å²) in [6.07, 6.45) is 7.73. The minimum Gasteiger partial charge on any atom is -0.492 e. The topological polar surface area (TPSA) is 88.5 Å². The van der Waals surface area contributed by atoms with Crippen molar-refractivity contribution in [1.82, 2.24) is 4.90 Å². The van der Waals surface area contributed by atoms with Crippen LogP contribution in [0, 0.1) is 17.8 Å². The number of cyclic esters (lactones) is 1. The van der Waals surface area contributed by atoms with Gasteiger partial charge in [-0.25, -0.2) is 4.79 Å². The molecule has 0 bridgehead atoms. The van der Waals surface area contributed by atoms with E-state index in [1.807, 2.05) is 0 Å². The highest BCUT2D eigenvalue weighted by atomic mass is 16.6. The normalized spacial score (nSPS) is 34.0. The first-order chi connectivity index (χ1) is 15.4. The van der Waals surface area contributed by atoms with Crippen LogP contribution in [0.2, 0.25) is 0 Å². The molecule has 0 radical (unpaired) electrons. The summed E-state index contributed by atoms with van der Waals surface area (Å²) in [5, 5.41) is 20.6. The van der Waals surface area contributed by atoms with E-state index in [1.165, 1.54) is 7.11 Å². The number of aliphatic hydroxyl groups excluding tert-OH is 2. The van der Waals surface area contributed by atoms with Crippen LogP contribution in [0.4, 0.5) is 0 Å². The zero-order chi connectivity index (χ0) is 23.0. The van der Waals surface area contributed by atoms with Gasteiger partial charge >= 0.3 is 5.97 Å². The number of hydrogen-bond acceptors (Lipinski definition) is 7. The zero-order valence-electron chi connectivity index (χ0n) is 19.7. The summed E-state index contributed by atoms with van der Waals surface area (Å²) < 4.78 is 17.2. The molecule has 32 heavy (non-hydrogen) atoms. The van der Waals surface area contributed by atoms with Crippen molar-refractivity contribution in [2.75, 3.05) is 20.3 Å². The van der Waals surface area contributed by atoms with Crippen LogP contribution >= 0.6 is 0 Å². The van der Waals surface area contributed by atoms with Gasteiger partial charge in [0, 0.05) is 30.5 Å². The predicted molar refractivity (Wildman–Crippen MR) is 119 cm³/mol. The molecule has 0 aromatic carbocycles. The van der Waals surface area contributed by atoms with E-state index in [4.69, 9.17) is 14.2 Å². The molecule has 5 atom stereocenters. The maximum absolute atomic E-state index is 12.2. The van der Waals surface area contributed by atoms with E-state index in [-0.39, 0.29) is 41.4 Å². The minimum atomic E-state index is -0.587. The van der Waals surface area contributed by atoms with Crippen molar-refractivity contribution in [2.24, 2.45) is 17.8 Å². The van der Waals surface area contributed by atoms with Crippen molar-refractivity contribution in [3.05, 3.63) is 34.7 Å². The lowest BCUT2D eigenvalue weighted by Gasteiger charge is -2.46. The average Bonchev–Trinajstić information content (AvgIpc) is 3.19. The van der Waals surface area contributed by atoms with Crippen molar-refractivity contribution in [2.45, 2.75) is 77.5 Å². The molecule has 4 aliphatic rings. The van der Waals surface area contributed by atoms with Crippen LogP contribution in [0.25, 0.3) is 0 Å². The fraction of sp³-hybridized carbons (Fsp3) is 0.720. The molecule has 178 valence electrons. The summed E-state index contributed by atoms with van der Waals surface area (Å²) in [6.45, 7) is 6.99. The molecule has 4 aliphatic heterocycles. The Labute approximate surface area is 190 Å². The van der Waals surface area contributed by atoms with Gasteiger partial charge in [-0.05, 0) is 44.1 Å². The highest BCUT2D eigenvalue weighted by Gasteiger charge is 2.50. The van der Waals surface area contributed by atoms with Crippen molar-refractivity contribution in [3.63, 3.8) is 0 Å². The van der Waals surface area contributed by atoms with Crippen molar-refractivity contribution in [1.29, 1.82) is 0 Å². The first-order valence-electron chi connectivity index (χ1n) is 12.0. The summed E-state index contributed by atoms with van der Waals surface area (Å²) in [6, 6.07) is 0.442. The van der Waals surface area contributed by atoms with Crippen molar-refractivity contribution < 1.29 is 29.2 Å². The second-order valence-electron chi connectivity index (χ2n) is 9.91. The molecule has 0 aliphatic carbocycles. The minimum absolute atomic E-state index is 0.00982. The molecule has 0 spiro atoms. The number of nitrogens with zero attached hydrogens (tertiary/aromatic N) is 1. The van der Waals surface area contributed by atoms with Gasteiger partial charge in [0.05, 0.1) is 19.8 Å². The Balaban J connectivity index is 1.62. The monoisotopic (exact) mass is 447 g/mol. The van der Waals surface area contributed by atoms with E-state index in [1.54, 1.807) is 0 Å². The van der Waals surface area contributed by atoms with E-state index in [9.17, 15) is 15.0 Å². The van der Waals surface area contributed by atoms with Gasteiger partial charge in [0.1, 0.15) is 11.3 Å². The maximum atomic E-state index is 12.2. The summed E-state index contributed by atoms with van der Waals surface area (Å²) >= 11 is 0. The van der Waals surface area contributed by atoms with E-state index in [0.717, 1.165) is 50.8 Å². The number of carbonyl (C=O) groups excluding carboxylic acids is 1. The third kappa shape index (κ3) is 4.11. The summed E-state index contributed by atoms with van der Waals surface area (Å²) in [5.41, 5.74) is 0.125. The first-order valence-corrected chi connectivity index (χ1v) is 12.0. The fourth-order valence-corrected chi connectivity index (χ4v) is 5.89. The second-order valence-corrected chi connectivity index (χ2v) is 9.91. The predicted octanol–water partition coefficient (Wildman–Crippen LogP) is 3.24. The van der Waals surface area contributed by atoms with Crippen LogP contribution in [0.15, 0.2) is 34.7 Å². The van der Waals surface area contributed by atoms with Crippen molar-refractivity contribution in [3.8, 4) is 0 Å². The lowest BCUT2D eigenvalue weighted by Crippen LogP contribution is -2.54. The van der Waals surface area contributed by atoms with Crippen LogP contribution in [0.5, 0.6) is 0 Å². The standard InChI is InChI=1S/C25H37NO6/c1-14(2)10-11-19(28)17-7-5-8-18-21-15(3)22(31-20(21)9-6-12-26(17)18)24-23(30-4)16(13-27)25(29)32-24/h9,14-15,17-19,21,27-28H,5-8,10-13H2,1-4H3. The molecule has 2 fully saturated rings. The van der Waals surface area contributed by atoms with E-state index >= 15 is 0 Å². The van der Waals surface area contributed by atoms with Gasteiger partial charge in [-0.2, -0.15) is 0 Å². The van der Waals surface area contributed by atoms with Crippen LogP contribution < -0.4 is 0 Å². The number of hydrogen-bond donors (Lipinski definition) is 2. The number of rotatable bonds is 6. The second kappa shape index (κ2) is 9.57. The highest BCUT2D eigenvalue weighted by Crippen LogP contribution is 2.49. The van der Waals surface area contributed by atoms with Gasteiger partial charge in [-0.3, -0.25) is 4.90 Å². The van der Waals surface area contributed by atoms with Gasteiger partial charge < -0.3 is 24.4 Å². The third-order valence-corrected chi connectivity index (χ3v) is 7.50. The lowest BCUT2D eigenvalue weighted by molar-refractivity contribution is -0.133. The highest BCUT2D eigenvalue weighted by molar-refractivity contribution is 5.94. The van der Waals surface area contributed by atoms with Crippen LogP contribution in [-0.2, 0) is 19.0 Å².